The number of rotatable bonds is 8. The first-order chi connectivity index (χ1) is 8.88. The highest BCUT2D eigenvalue weighted by Gasteiger charge is 2.17. The predicted octanol–water partition coefficient (Wildman–Crippen LogP) is 4.33. The lowest BCUT2D eigenvalue weighted by atomic mass is 10.1. The lowest BCUT2D eigenvalue weighted by Crippen LogP contribution is -2.32. The summed E-state index contributed by atoms with van der Waals surface area (Å²) in [6.45, 7) is 3.32. The second-order valence-electron chi connectivity index (χ2n) is 5.16. The smallest absolute Gasteiger partial charge is 0.0161 e. The Bertz CT molecular complexity index is 304. The van der Waals surface area contributed by atoms with Crippen LogP contribution in [-0.2, 0) is 6.42 Å². The van der Waals surface area contributed by atoms with Crippen LogP contribution >= 0.6 is 23.1 Å². The fourth-order valence-corrected chi connectivity index (χ4v) is 4.77. The second kappa shape index (κ2) is 8.23. The predicted molar refractivity (Wildman–Crippen MR) is 84.8 cm³/mol. The molecule has 1 saturated carbocycles. The van der Waals surface area contributed by atoms with E-state index >= 15 is 0 Å². The molecule has 1 aromatic rings. The van der Waals surface area contributed by atoms with Crippen LogP contribution in [0.15, 0.2) is 16.8 Å². The molecule has 0 aliphatic heterocycles. The van der Waals surface area contributed by atoms with Crippen molar-refractivity contribution in [1.29, 1.82) is 0 Å². The first kappa shape index (κ1) is 14.4. The monoisotopic (exact) mass is 283 g/mol. The lowest BCUT2D eigenvalue weighted by Gasteiger charge is -2.19. The minimum absolute atomic E-state index is 0.695. The van der Waals surface area contributed by atoms with Crippen molar-refractivity contribution < 1.29 is 0 Å². The molecule has 0 saturated heterocycles. The van der Waals surface area contributed by atoms with E-state index in [1.54, 1.807) is 0 Å². The van der Waals surface area contributed by atoms with Crippen LogP contribution in [0.4, 0.5) is 0 Å². The Labute approximate surface area is 120 Å². The maximum absolute atomic E-state index is 3.65. The molecule has 102 valence electrons. The molecule has 1 fully saturated rings. The molecule has 18 heavy (non-hydrogen) atoms. The van der Waals surface area contributed by atoms with Crippen LogP contribution in [0.3, 0.4) is 0 Å². The Hall–Kier alpha value is 0.01000. The van der Waals surface area contributed by atoms with Gasteiger partial charge in [0.1, 0.15) is 0 Å². The number of nitrogens with one attached hydrogen (secondary N) is 1. The molecule has 0 amide bonds. The summed E-state index contributed by atoms with van der Waals surface area (Å²) in [4.78, 5) is 0. The van der Waals surface area contributed by atoms with E-state index in [9.17, 15) is 0 Å². The van der Waals surface area contributed by atoms with Gasteiger partial charge in [-0.1, -0.05) is 19.8 Å². The van der Waals surface area contributed by atoms with Crippen molar-refractivity contribution in [3.63, 3.8) is 0 Å². The quantitative estimate of drug-likeness (QED) is 0.762. The topological polar surface area (TPSA) is 12.0 Å². The van der Waals surface area contributed by atoms with E-state index in [0.717, 1.165) is 11.8 Å². The maximum Gasteiger partial charge on any atom is 0.0161 e. The van der Waals surface area contributed by atoms with Crippen LogP contribution in [0.5, 0.6) is 0 Å². The van der Waals surface area contributed by atoms with Crippen molar-refractivity contribution in [2.75, 3.05) is 12.3 Å². The summed E-state index contributed by atoms with van der Waals surface area (Å²) >= 11 is 4.02. The zero-order valence-electron chi connectivity index (χ0n) is 11.4. The standard InChI is InChI=1S/C15H25NS2/c1-2-16-14(8-7-13-9-10-17-11-13)12-18-15-5-3-4-6-15/h9-11,14-16H,2-8,12H2,1H3. The van der Waals surface area contributed by atoms with Gasteiger partial charge in [0, 0.05) is 17.0 Å². The van der Waals surface area contributed by atoms with Gasteiger partial charge < -0.3 is 5.32 Å². The third-order valence-electron chi connectivity index (χ3n) is 3.69. The van der Waals surface area contributed by atoms with Crippen LogP contribution in [0.2, 0.25) is 0 Å². The third-order valence-corrected chi connectivity index (χ3v) is 5.96. The average molecular weight is 284 g/mol. The third kappa shape index (κ3) is 4.94. The molecule has 1 aromatic heterocycles. The van der Waals surface area contributed by atoms with Crippen molar-refractivity contribution in [3.05, 3.63) is 22.4 Å². The molecular weight excluding hydrogens is 258 g/mol. The fourth-order valence-electron chi connectivity index (χ4n) is 2.62. The van der Waals surface area contributed by atoms with Gasteiger partial charge >= 0.3 is 0 Å². The molecule has 2 rings (SSSR count). The van der Waals surface area contributed by atoms with E-state index in [4.69, 9.17) is 0 Å². The average Bonchev–Trinajstić information content (AvgIpc) is 3.05. The van der Waals surface area contributed by atoms with Crippen LogP contribution in [0, 0.1) is 0 Å². The van der Waals surface area contributed by atoms with Crippen LogP contribution in [0.25, 0.3) is 0 Å². The van der Waals surface area contributed by atoms with Crippen molar-refractivity contribution >= 4 is 23.1 Å². The van der Waals surface area contributed by atoms with Crippen LogP contribution < -0.4 is 5.32 Å². The largest absolute Gasteiger partial charge is 0.313 e. The first-order valence-electron chi connectivity index (χ1n) is 7.24. The van der Waals surface area contributed by atoms with E-state index in [2.05, 4.69) is 40.8 Å². The maximum atomic E-state index is 3.65. The van der Waals surface area contributed by atoms with E-state index in [-0.39, 0.29) is 0 Å². The second-order valence-corrected chi connectivity index (χ2v) is 7.28. The van der Waals surface area contributed by atoms with Gasteiger partial charge in [0.2, 0.25) is 0 Å². The molecule has 0 radical (unpaired) electrons. The number of hydrogen-bond donors (Lipinski definition) is 1. The molecule has 3 heteroatoms. The Balaban J connectivity index is 1.69. The van der Waals surface area contributed by atoms with Crippen molar-refractivity contribution in [1.82, 2.24) is 5.32 Å². The van der Waals surface area contributed by atoms with Crippen molar-refractivity contribution in [2.24, 2.45) is 0 Å². The molecule has 1 atom stereocenters. The van der Waals surface area contributed by atoms with Gasteiger partial charge in [0.05, 0.1) is 0 Å². The minimum Gasteiger partial charge on any atom is -0.313 e. The summed E-state index contributed by atoms with van der Waals surface area (Å²) in [5.41, 5.74) is 1.51. The van der Waals surface area contributed by atoms with Gasteiger partial charge in [-0.3, -0.25) is 0 Å². The summed E-state index contributed by atoms with van der Waals surface area (Å²) in [7, 11) is 0. The number of thiophene rings is 1. The molecular formula is C15H25NS2. The summed E-state index contributed by atoms with van der Waals surface area (Å²) in [6.07, 6.45) is 8.33. The highest BCUT2D eigenvalue weighted by atomic mass is 32.2. The Kier molecular flexibility index (Phi) is 6.60. The summed E-state index contributed by atoms with van der Waals surface area (Å²) in [5.74, 6) is 1.29. The normalized spacial score (nSPS) is 18.3. The van der Waals surface area contributed by atoms with Gasteiger partial charge in [-0.2, -0.15) is 23.1 Å². The molecule has 0 spiro atoms. The van der Waals surface area contributed by atoms with Crippen LogP contribution in [0.1, 0.15) is 44.6 Å². The van der Waals surface area contributed by atoms with Gasteiger partial charge in [0.15, 0.2) is 0 Å². The number of thioether (sulfide) groups is 1. The Morgan fingerprint density at radius 1 is 1.44 bits per heavy atom. The van der Waals surface area contributed by atoms with Gasteiger partial charge in [0.25, 0.3) is 0 Å². The van der Waals surface area contributed by atoms with Gasteiger partial charge in [-0.05, 0) is 54.6 Å². The first-order valence-corrected chi connectivity index (χ1v) is 9.23. The SMILES string of the molecule is CCNC(CCc1ccsc1)CSC1CCCC1. The molecule has 1 aliphatic carbocycles. The summed E-state index contributed by atoms with van der Waals surface area (Å²) in [5, 5.41) is 9.07. The van der Waals surface area contributed by atoms with Crippen LogP contribution in [-0.4, -0.2) is 23.6 Å². The van der Waals surface area contributed by atoms with E-state index in [1.807, 2.05) is 11.3 Å². The minimum atomic E-state index is 0.695. The van der Waals surface area contributed by atoms with Crippen molar-refractivity contribution in [2.45, 2.75) is 56.7 Å². The molecule has 1 nitrogen and oxygen atoms in total. The highest BCUT2D eigenvalue weighted by Crippen LogP contribution is 2.30. The van der Waals surface area contributed by atoms with Gasteiger partial charge in [-0.25, -0.2) is 0 Å². The zero-order valence-corrected chi connectivity index (χ0v) is 13.0. The van der Waals surface area contributed by atoms with E-state index < -0.39 is 0 Å². The Morgan fingerprint density at radius 2 is 2.28 bits per heavy atom. The summed E-state index contributed by atoms with van der Waals surface area (Å²) < 4.78 is 0. The lowest BCUT2D eigenvalue weighted by molar-refractivity contribution is 0.537. The molecule has 0 aromatic carbocycles. The number of aryl methyl sites for hydroxylation is 1. The summed E-state index contributed by atoms with van der Waals surface area (Å²) in [6, 6.07) is 2.96. The molecule has 1 N–H and O–H groups in total. The highest BCUT2D eigenvalue weighted by molar-refractivity contribution is 7.99. The molecule has 1 aliphatic rings. The van der Waals surface area contributed by atoms with Crippen molar-refractivity contribution in [3.8, 4) is 0 Å². The molecule has 0 bridgehead atoms. The fraction of sp³-hybridized carbons (Fsp3) is 0.733. The number of hydrogen-bond acceptors (Lipinski definition) is 3. The molecule has 1 heterocycles. The van der Waals surface area contributed by atoms with Gasteiger partial charge in [-0.15, -0.1) is 0 Å². The van der Waals surface area contributed by atoms with E-state index in [1.165, 1.54) is 49.8 Å². The zero-order chi connectivity index (χ0) is 12.6. The van der Waals surface area contributed by atoms with E-state index in [0.29, 0.717) is 6.04 Å². The Morgan fingerprint density at radius 3 is 2.94 bits per heavy atom. The molecule has 1 unspecified atom stereocenters.